The highest BCUT2D eigenvalue weighted by molar-refractivity contribution is 5.93. The fourth-order valence-electron chi connectivity index (χ4n) is 1.57. The summed E-state index contributed by atoms with van der Waals surface area (Å²) in [5.74, 6) is -1.56. The minimum Gasteiger partial charge on any atom is -0.478 e. The quantitative estimate of drug-likeness (QED) is 0.812. The third-order valence-corrected chi connectivity index (χ3v) is 2.56. The maximum absolute atomic E-state index is 11.8. The number of carbonyl (C=O) groups is 2. The van der Waals surface area contributed by atoms with E-state index in [9.17, 15) is 9.59 Å². The Hall–Kier alpha value is -2.61. The molecule has 1 N–H and O–H groups in total. The zero-order valence-corrected chi connectivity index (χ0v) is 10.5. The molecule has 98 valence electrons. The molecular weight excluding hydrogens is 244 g/mol. The SMILES string of the molecule is CCN(Cc1ccccc1C#N)C(=O)/C=C/C(=O)O. The van der Waals surface area contributed by atoms with Crippen molar-refractivity contribution in [1.29, 1.82) is 5.26 Å². The first kappa shape index (κ1) is 14.5. The number of carbonyl (C=O) groups excluding carboxylic acids is 1. The van der Waals surface area contributed by atoms with Gasteiger partial charge in [0.05, 0.1) is 11.6 Å². The second-order valence-electron chi connectivity index (χ2n) is 3.79. The van der Waals surface area contributed by atoms with Gasteiger partial charge in [-0.3, -0.25) is 4.79 Å². The summed E-state index contributed by atoms with van der Waals surface area (Å²) in [6.07, 6.45) is 1.82. The van der Waals surface area contributed by atoms with Crippen LogP contribution < -0.4 is 0 Å². The highest BCUT2D eigenvalue weighted by atomic mass is 16.4. The zero-order valence-electron chi connectivity index (χ0n) is 10.5. The monoisotopic (exact) mass is 258 g/mol. The Kier molecular flexibility index (Phi) is 5.30. The van der Waals surface area contributed by atoms with Crippen molar-refractivity contribution < 1.29 is 14.7 Å². The molecule has 0 aromatic heterocycles. The Labute approximate surface area is 111 Å². The first-order valence-electron chi connectivity index (χ1n) is 5.76. The van der Waals surface area contributed by atoms with Gasteiger partial charge in [-0.25, -0.2) is 4.79 Å². The number of hydrogen-bond donors (Lipinski definition) is 1. The number of carboxylic acid groups (broad SMARTS) is 1. The summed E-state index contributed by atoms with van der Waals surface area (Å²) in [4.78, 5) is 23.6. The molecule has 0 spiro atoms. The molecular formula is C14H14N2O3. The van der Waals surface area contributed by atoms with Crippen molar-refractivity contribution in [1.82, 2.24) is 4.90 Å². The molecule has 1 aromatic carbocycles. The Morgan fingerprint density at radius 1 is 1.37 bits per heavy atom. The molecule has 0 atom stereocenters. The molecule has 0 fully saturated rings. The third kappa shape index (κ3) is 4.28. The van der Waals surface area contributed by atoms with Crippen LogP contribution in [0.3, 0.4) is 0 Å². The maximum Gasteiger partial charge on any atom is 0.328 e. The second kappa shape index (κ2) is 6.97. The van der Waals surface area contributed by atoms with Crippen LogP contribution >= 0.6 is 0 Å². The molecule has 0 unspecified atom stereocenters. The van der Waals surface area contributed by atoms with E-state index in [-0.39, 0.29) is 6.54 Å². The van der Waals surface area contributed by atoms with E-state index in [4.69, 9.17) is 10.4 Å². The molecule has 1 aromatic rings. The smallest absolute Gasteiger partial charge is 0.328 e. The first-order valence-corrected chi connectivity index (χ1v) is 5.76. The maximum atomic E-state index is 11.8. The van der Waals surface area contributed by atoms with Crippen LogP contribution in [0.25, 0.3) is 0 Å². The van der Waals surface area contributed by atoms with E-state index < -0.39 is 11.9 Å². The summed E-state index contributed by atoms with van der Waals surface area (Å²) < 4.78 is 0. The van der Waals surface area contributed by atoms with E-state index in [1.54, 1.807) is 31.2 Å². The van der Waals surface area contributed by atoms with Crippen LogP contribution in [0.2, 0.25) is 0 Å². The normalized spacial score (nSPS) is 10.1. The van der Waals surface area contributed by atoms with Crippen LogP contribution in [0.4, 0.5) is 0 Å². The van der Waals surface area contributed by atoms with Gasteiger partial charge in [-0.1, -0.05) is 18.2 Å². The largest absolute Gasteiger partial charge is 0.478 e. The number of rotatable bonds is 5. The van der Waals surface area contributed by atoms with E-state index >= 15 is 0 Å². The van der Waals surface area contributed by atoms with Crippen molar-refractivity contribution in [2.45, 2.75) is 13.5 Å². The van der Waals surface area contributed by atoms with E-state index in [0.717, 1.165) is 17.7 Å². The lowest BCUT2D eigenvalue weighted by atomic mass is 10.1. The highest BCUT2D eigenvalue weighted by Gasteiger charge is 2.11. The van der Waals surface area contributed by atoms with Gasteiger partial charge in [-0.15, -0.1) is 0 Å². The molecule has 1 rings (SSSR count). The fraction of sp³-hybridized carbons (Fsp3) is 0.214. The number of amides is 1. The van der Waals surface area contributed by atoms with Gasteiger partial charge in [0.15, 0.2) is 0 Å². The van der Waals surface area contributed by atoms with Crippen LogP contribution in [0.1, 0.15) is 18.1 Å². The molecule has 0 saturated heterocycles. The molecule has 5 heteroatoms. The molecule has 0 aliphatic heterocycles. The van der Waals surface area contributed by atoms with Gasteiger partial charge in [-0.2, -0.15) is 5.26 Å². The van der Waals surface area contributed by atoms with E-state index in [1.165, 1.54) is 4.90 Å². The lowest BCUT2D eigenvalue weighted by Crippen LogP contribution is -2.29. The highest BCUT2D eigenvalue weighted by Crippen LogP contribution is 2.11. The Balaban J connectivity index is 2.85. The van der Waals surface area contributed by atoms with E-state index in [0.29, 0.717) is 12.1 Å². The summed E-state index contributed by atoms with van der Waals surface area (Å²) in [7, 11) is 0. The van der Waals surface area contributed by atoms with Gasteiger partial charge >= 0.3 is 5.97 Å². The predicted molar refractivity (Wildman–Crippen MR) is 69.0 cm³/mol. The van der Waals surface area contributed by atoms with E-state index in [1.807, 2.05) is 0 Å². The molecule has 1 amide bonds. The molecule has 0 bridgehead atoms. The van der Waals surface area contributed by atoms with Gasteiger partial charge in [0.25, 0.3) is 0 Å². The van der Waals surface area contributed by atoms with Crippen LogP contribution in [0.5, 0.6) is 0 Å². The van der Waals surface area contributed by atoms with Gasteiger partial charge in [0, 0.05) is 25.2 Å². The Morgan fingerprint density at radius 3 is 2.63 bits per heavy atom. The van der Waals surface area contributed by atoms with Crippen LogP contribution in [-0.2, 0) is 16.1 Å². The van der Waals surface area contributed by atoms with Crippen LogP contribution in [0.15, 0.2) is 36.4 Å². The Bertz CT molecular complexity index is 544. The van der Waals surface area contributed by atoms with Crippen molar-refractivity contribution in [2.24, 2.45) is 0 Å². The summed E-state index contributed by atoms with van der Waals surface area (Å²) in [6.45, 7) is 2.51. The molecule has 5 nitrogen and oxygen atoms in total. The Morgan fingerprint density at radius 2 is 2.05 bits per heavy atom. The van der Waals surface area contributed by atoms with Gasteiger partial charge in [0.1, 0.15) is 0 Å². The molecule has 0 aliphatic rings. The molecule has 19 heavy (non-hydrogen) atoms. The van der Waals surface area contributed by atoms with Crippen molar-refractivity contribution >= 4 is 11.9 Å². The number of nitriles is 1. The predicted octanol–water partition coefficient (Wildman–Crippen LogP) is 1.55. The minimum absolute atomic E-state index is 0.281. The summed E-state index contributed by atoms with van der Waals surface area (Å²) in [6, 6.07) is 9.07. The fourth-order valence-corrected chi connectivity index (χ4v) is 1.57. The molecule has 0 radical (unpaired) electrons. The average molecular weight is 258 g/mol. The van der Waals surface area contributed by atoms with Crippen molar-refractivity contribution in [3.63, 3.8) is 0 Å². The lowest BCUT2D eigenvalue weighted by molar-refractivity contribution is -0.132. The number of aliphatic carboxylic acids is 1. The number of carboxylic acids is 1. The first-order chi connectivity index (χ1) is 9.08. The van der Waals surface area contributed by atoms with E-state index in [2.05, 4.69) is 6.07 Å². The van der Waals surface area contributed by atoms with Gasteiger partial charge < -0.3 is 10.0 Å². The van der Waals surface area contributed by atoms with Gasteiger partial charge in [0.2, 0.25) is 5.91 Å². The summed E-state index contributed by atoms with van der Waals surface area (Å²) in [5, 5.41) is 17.5. The topological polar surface area (TPSA) is 81.4 Å². The molecule has 0 heterocycles. The second-order valence-corrected chi connectivity index (χ2v) is 3.79. The summed E-state index contributed by atoms with van der Waals surface area (Å²) in [5.41, 5.74) is 1.25. The standard InChI is InChI=1S/C14H14N2O3/c1-2-16(13(17)7-8-14(18)19)10-12-6-4-3-5-11(12)9-15/h3-8H,2,10H2,1H3,(H,18,19)/b8-7+. The molecule has 0 saturated carbocycles. The van der Waals surface area contributed by atoms with Crippen LogP contribution in [0, 0.1) is 11.3 Å². The van der Waals surface area contributed by atoms with Crippen molar-refractivity contribution in [2.75, 3.05) is 6.54 Å². The van der Waals surface area contributed by atoms with Crippen molar-refractivity contribution in [3.8, 4) is 6.07 Å². The number of nitrogens with zero attached hydrogens (tertiary/aromatic N) is 2. The third-order valence-electron chi connectivity index (χ3n) is 2.56. The summed E-state index contributed by atoms with van der Waals surface area (Å²) >= 11 is 0. The van der Waals surface area contributed by atoms with Crippen molar-refractivity contribution in [3.05, 3.63) is 47.5 Å². The minimum atomic E-state index is -1.16. The number of likely N-dealkylation sites (N-methyl/N-ethyl adjacent to an activating group) is 1. The zero-order chi connectivity index (χ0) is 14.3. The molecule has 0 aliphatic carbocycles. The number of hydrogen-bond acceptors (Lipinski definition) is 3. The van der Waals surface area contributed by atoms with Gasteiger partial charge in [-0.05, 0) is 18.6 Å². The average Bonchev–Trinajstić information content (AvgIpc) is 2.42. The number of benzene rings is 1. The van der Waals surface area contributed by atoms with Crippen LogP contribution in [-0.4, -0.2) is 28.4 Å². The lowest BCUT2D eigenvalue weighted by Gasteiger charge is -2.19.